The summed E-state index contributed by atoms with van der Waals surface area (Å²) in [5.74, 6) is 0.259. The Morgan fingerprint density at radius 3 is 2.67 bits per heavy atom. The Morgan fingerprint density at radius 2 is 1.96 bits per heavy atom. The van der Waals surface area contributed by atoms with Gasteiger partial charge in [-0.05, 0) is 54.0 Å². The summed E-state index contributed by atoms with van der Waals surface area (Å²) in [5, 5.41) is 2.23. The molecule has 24 heavy (non-hydrogen) atoms. The van der Waals surface area contributed by atoms with Crippen molar-refractivity contribution in [2.75, 3.05) is 18.0 Å². The van der Waals surface area contributed by atoms with E-state index in [9.17, 15) is 4.79 Å². The summed E-state index contributed by atoms with van der Waals surface area (Å²) in [6, 6.07) is 11.5. The maximum absolute atomic E-state index is 11.9. The second-order valence-corrected chi connectivity index (χ2v) is 7.76. The van der Waals surface area contributed by atoms with E-state index in [4.69, 9.17) is 0 Å². The number of carbonyl (C=O) groups excluding carboxylic acids is 1. The fourth-order valence-electron chi connectivity index (χ4n) is 4.05. The number of fused-ring (bicyclic) bond motifs is 1. The lowest BCUT2D eigenvalue weighted by molar-refractivity contribution is -0.117. The van der Waals surface area contributed by atoms with Crippen LogP contribution in [0.4, 0.5) is 5.69 Å². The lowest BCUT2D eigenvalue weighted by atomic mass is 9.97. The first-order valence-corrected chi connectivity index (χ1v) is 9.84. The van der Waals surface area contributed by atoms with Gasteiger partial charge >= 0.3 is 0 Å². The minimum absolute atomic E-state index is 0.259. The molecule has 0 N–H and O–H groups in total. The van der Waals surface area contributed by atoms with Gasteiger partial charge in [-0.1, -0.05) is 19.1 Å². The highest BCUT2D eigenvalue weighted by atomic mass is 32.1. The Labute approximate surface area is 147 Å². The summed E-state index contributed by atoms with van der Waals surface area (Å²) in [6.45, 7) is 5.27. The number of amides is 1. The second kappa shape index (κ2) is 6.69. The van der Waals surface area contributed by atoms with Crippen molar-refractivity contribution in [2.45, 2.75) is 45.2 Å². The predicted molar refractivity (Wildman–Crippen MR) is 99.5 cm³/mol. The lowest BCUT2D eigenvalue weighted by Gasteiger charge is -2.35. The molecule has 126 valence electrons. The molecule has 3 nitrogen and oxygen atoms in total. The predicted octanol–water partition coefficient (Wildman–Crippen LogP) is 4.38. The molecule has 0 bridgehead atoms. The van der Waals surface area contributed by atoms with Crippen LogP contribution in [-0.2, 0) is 17.8 Å². The molecule has 1 saturated heterocycles. The Kier molecular flexibility index (Phi) is 4.42. The van der Waals surface area contributed by atoms with E-state index in [1.54, 1.807) is 4.88 Å². The van der Waals surface area contributed by atoms with E-state index < -0.39 is 0 Å². The Bertz CT molecular complexity index is 721. The third-order valence-corrected chi connectivity index (χ3v) is 6.30. The number of thiophene rings is 1. The van der Waals surface area contributed by atoms with Crippen LogP contribution in [0, 0.1) is 0 Å². The zero-order chi connectivity index (χ0) is 16.5. The first kappa shape index (κ1) is 15.9. The van der Waals surface area contributed by atoms with E-state index in [0.29, 0.717) is 12.5 Å². The van der Waals surface area contributed by atoms with Gasteiger partial charge in [0.25, 0.3) is 0 Å². The van der Waals surface area contributed by atoms with Crippen molar-refractivity contribution < 1.29 is 4.79 Å². The molecular weight excluding hydrogens is 316 g/mol. The standard InChI is InChI=1S/C20H24N2OS/c1-2-18-17-10-13-24-19(17)9-12-21(18)14-15-5-7-16(8-6-15)22-11-3-4-20(22)23/h5-8,10,13,18H,2-4,9,11-12,14H2,1H3. The highest BCUT2D eigenvalue weighted by molar-refractivity contribution is 7.10. The van der Waals surface area contributed by atoms with Crippen LogP contribution in [0.5, 0.6) is 0 Å². The van der Waals surface area contributed by atoms with Gasteiger partial charge in [0.1, 0.15) is 0 Å². The second-order valence-electron chi connectivity index (χ2n) is 6.76. The number of rotatable bonds is 4. The molecule has 1 amide bonds. The van der Waals surface area contributed by atoms with Crippen molar-refractivity contribution in [1.82, 2.24) is 4.90 Å². The molecule has 3 heterocycles. The topological polar surface area (TPSA) is 23.6 Å². The van der Waals surface area contributed by atoms with E-state index in [0.717, 1.165) is 38.2 Å². The molecule has 1 aromatic heterocycles. The summed E-state index contributed by atoms with van der Waals surface area (Å²) < 4.78 is 0. The molecule has 0 saturated carbocycles. The zero-order valence-corrected chi connectivity index (χ0v) is 15.0. The van der Waals surface area contributed by atoms with Crippen LogP contribution >= 0.6 is 11.3 Å². The molecule has 2 aromatic rings. The third-order valence-electron chi connectivity index (χ3n) is 5.30. The summed E-state index contributed by atoms with van der Waals surface area (Å²) in [6.07, 6.45) is 4.00. The minimum atomic E-state index is 0.259. The van der Waals surface area contributed by atoms with E-state index in [1.807, 2.05) is 16.2 Å². The molecule has 1 atom stereocenters. The smallest absolute Gasteiger partial charge is 0.227 e. The Balaban J connectivity index is 1.48. The molecular formula is C20H24N2OS. The summed E-state index contributed by atoms with van der Waals surface area (Å²) in [4.78, 5) is 18.0. The number of nitrogens with zero attached hydrogens (tertiary/aromatic N) is 2. The SMILES string of the molecule is CCC1c2ccsc2CCN1Cc1ccc(N2CCCC2=O)cc1. The van der Waals surface area contributed by atoms with Crippen LogP contribution in [0.3, 0.4) is 0 Å². The molecule has 1 aromatic carbocycles. The Hall–Kier alpha value is -1.65. The Morgan fingerprint density at radius 1 is 1.12 bits per heavy atom. The van der Waals surface area contributed by atoms with Crippen LogP contribution < -0.4 is 4.90 Å². The van der Waals surface area contributed by atoms with Crippen LogP contribution in [0.2, 0.25) is 0 Å². The first-order chi connectivity index (χ1) is 11.8. The zero-order valence-electron chi connectivity index (χ0n) is 14.2. The van der Waals surface area contributed by atoms with Crippen LogP contribution in [0.25, 0.3) is 0 Å². The highest BCUT2D eigenvalue weighted by Gasteiger charge is 2.27. The lowest BCUT2D eigenvalue weighted by Crippen LogP contribution is -2.33. The van der Waals surface area contributed by atoms with Crippen molar-refractivity contribution in [3.05, 3.63) is 51.7 Å². The average Bonchev–Trinajstić information content (AvgIpc) is 3.24. The van der Waals surface area contributed by atoms with Crippen LogP contribution in [0.1, 0.15) is 48.2 Å². The number of hydrogen-bond donors (Lipinski definition) is 0. The van der Waals surface area contributed by atoms with E-state index in [1.165, 1.54) is 17.5 Å². The van der Waals surface area contributed by atoms with Gasteiger partial charge in [0.15, 0.2) is 0 Å². The fraction of sp³-hybridized carbons (Fsp3) is 0.450. The number of carbonyl (C=O) groups is 1. The molecule has 0 spiro atoms. The van der Waals surface area contributed by atoms with Gasteiger partial charge in [-0.3, -0.25) is 9.69 Å². The van der Waals surface area contributed by atoms with Crippen molar-refractivity contribution in [2.24, 2.45) is 0 Å². The van der Waals surface area contributed by atoms with Crippen molar-refractivity contribution in [1.29, 1.82) is 0 Å². The number of anilines is 1. The van der Waals surface area contributed by atoms with Crippen molar-refractivity contribution in [3.63, 3.8) is 0 Å². The molecule has 1 unspecified atom stereocenters. The summed E-state index contributed by atoms with van der Waals surface area (Å²) >= 11 is 1.90. The van der Waals surface area contributed by atoms with Gasteiger partial charge in [0.05, 0.1) is 0 Å². The van der Waals surface area contributed by atoms with Crippen LogP contribution in [0.15, 0.2) is 35.7 Å². The number of benzene rings is 1. The van der Waals surface area contributed by atoms with Gasteiger partial charge in [0, 0.05) is 42.7 Å². The molecule has 0 radical (unpaired) electrons. The number of hydrogen-bond acceptors (Lipinski definition) is 3. The quantitative estimate of drug-likeness (QED) is 0.824. The van der Waals surface area contributed by atoms with Gasteiger partial charge in [-0.2, -0.15) is 0 Å². The molecule has 4 rings (SSSR count). The summed E-state index contributed by atoms with van der Waals surface area (Å²) in [5.41, 5.74) is 3.92. The first-order valence-electron chi connectivity index (χ1n) is 8.96. The van der Waals surface area contributed by atoms with E-state index >= 15 is 0 Å². The van der Waals surface area contributed by atoms with E-state index in [-0.39, 0.29) is 5.91 Å². The molecule has 2 aliphatic rings. The monoisotopic (exact) mass is 340 g/mol. The maximum Gasteiger partial charge on any atom is 0.227 e. The third kappa shape index (κ3) is 2.89. The molecule has 2 aliphatic heterocycles. The molecule has 4 heteroatoms. The molecule has 0 aliphatic carbocycles. The van der Waals surface area contributed by atoms with Gasteiger partial charge in [-0.15, -0.1) is 11.3 Å². The van der Waals surface area contributed by atoms with Gasteiger partial charge in [-0.25, -0.2) is 0 Å². The normalized spacial score (nSPS) is 21.3. The van der Waals surface area contributed by atoms with Gasteiger partial charge in [0.2, 0.25) is 5.91 Å². The molecule has 1 fully saturated rings. The van der Waals surface area contributed by atoms with Crippen molar-refractivity contribution in [3.8, 4) is 0 Å². The minimum Gasteiger partial charge on any atom is -0.312 e. The average molecular weight is 340 g/mol. The van der Waals surface area contributed by atoms with Crippen molar-refractivity contribution >= 4 is 22.9 Å². The fourth-order valence-corrected chi connectivity index (χ4v) is 4.98. The maximum atomic E-state index is 11.9. The highest BCUT2D eigenvalue weighted by Crippen LogP contribution is 2.36. The van der Waals surface area contributed by atoms with Crippen LogP contribution in [-0.4, -0.2) is 23.9 Å². The summed E-state index contributed by atoms with van der Waals surface area (Å²) in [7, 11) is 0. The van der Waals surface area contributed by atoms with E-state index in [2.05, 4.69) is 47.5 Å². The van der Waals surface area contributed by atoms with Gasteiger partial charge < -0.3 is 4.90 Å². The largest absolute Gasteiger partial charge is 0.312 e.